The van der Waals surface area contributed by atoms with Gasteiger partial charge < -0.3 is 20.7 Å². The molecule has 7 nitrogen and oxygen atoms in total. The average molecular weight is 349 g/mol. The highest BCUT2D eigenvalue weighted by Crippen LogP contribution is 2.20. The maximum atomic E-state index is 12.2. The Balaban J connectivity index is 2.16. The van der Waals surface area contributed by atoms with Crippen LogP contribution in [-0.2, 0) is 13.0 Å². The number of pyridine rings is 1. The molecular formula is C18H31N5O2. The minimum Gasteiger partial charge on any atom is -0.389 e. The molecule has 2 aromatic heterocycles. The summed E-state index contributed by atoms with van der Waals surface area (Å²) < 4.78 is 1.53. The number of anilines is 1. The number of aromatic nitrogens is 3. The Hall–Kier alpha value is -1.86. The third-order valence-electron chi connectivity index (χ3n) is 4.47. The highest BCUT2D eigenvalue weighted by Gasteiger charge is 2.19. The molecule has 0 aliphatic rings. The third kappa shape index (κ3) is 5.06. The van der Waals surface area contributed by atoms with Crippen LogP contribution in [0.5, 0.6) is 0 Å². The molecule has 0 unspecified atom stereocenters. The van der Waals surface area contributed by atoms with Crippen LogP contribution in [0.1, 0.15) is 46.2 Å². The summed E-state index contributed by atoms with van der Waals surface area (Å²) in [6, 6.07) is 2.45. The van der Waals surface area contributed by atoms with Gasteiger partial charge in [-0.3, -0.25) is 4.57 Å². The fraction of sp³-hybridized carbons (Fsp3) is 0.667. The van der Waals surface area contributed by atoms with E-state index in [2.05, 4.69) is 35.8 Å². The Morgan fingerprint density at radius 2 is 2.08 bits per heavy atom. The van der Waals surface area contributed by atoms with Crippen molar-refractivity contribution < 1.29 is 5.11 Å². The number of hydrogen-bond donors (Lipinski definition) is 3. The number of aliphatic hydroxyl groups is 1. The molecule has 2 aromatic rings. The van der Waals surface area contributed by atoms with Gasteiger partial charge in [0.25, 0.3) is 0 Å². The van der Waals surface area contributed by atoms with Crippen LogP contribution < -0.4 is 11.4 Å². The normalized spacial score (nSPS) is 12.6. The summed E-state index contributed by atoms with van der Waals surface area (Å²) in [6.45, 7) is 8.97. The first-order valence-corrected chi connectivity index (χ1v) is 8.89. The van der Waals surface area contributed by atoms with Gasteiger partial charge in [-0.25, -0.2) is 9.78 Å². The first-order chi connectivity index (χ1) is 11.6. The number of aromatic amines is 1. The van der Waals surface area contributed by atoms with E-state index in [1.807, 2.05) is 6.07 Å². The lowest BCUT2D eigenvalue weighted by atomic mass is 10.1. The molecule has 0 aliphatic heterocycles. The van der Waals surface area contributed by atoms with E-state index in [4.69, 9.17) is 5.73 Å². The maximum absolute atomic E-state index is 12.2. The summed E-state index contributed by atoms with van der Waals surface area (Å²) in [7, 11) is 2.13. The van der Waals surface area contributed by atoms with Crippen LogP contribution in [0.25, 0.3) is 11.0 Å². The molecular weight excluding hydrogens is 318 g/mol. The van der Waals surface area contributed by atoms with Crippen LogP contribution in [0, 0.1) is 0 Å². The van der Waals surface area contributed by atoms with Crippen LogP contribution in [-0.4, -0.2) is 49.8 Å². The van der Waals surface area contributed by atoms with Gasteiger partial charge in [-0.15, -0.1) is 0 Å². The summed E-state index contributed by atoms with van der Waals surface area (Å²) in [6.07, 6.45) is 2.90. The first-order valence-electron chi connectivity index (χ1n) is 8.89. The van der Waals surface area contributed by atoms with E-state index < -0.39 is 5.60 Å². The van der Waals surface area contributed by atoms with Gasteiger partial charge in [0.15, 0.2) is 0 Å². The number of nitrogens with zero attached hydrogens (tertiary/aromatic N) is 3. The lowest BCUT2D eigenvalue weighted by Gasteiger charge is -2.20. The molecule has 0 spiro atoms. The number of rotatable bonds is 8. The maximum Gasteiger partial charge on any atom is 0.326 e. The standard InChI is InChI=1S/C18H31N5O2/c1-12(2)22(5)9-7-6-8-13-10-14-15(16(19)20-13)21-17(24)23(14)11-18(3,4)25/h10,12,25H,6-9,11H2,1-5H3,(H2,19,20)(H,21,24). The molecule has 0 amide bonds. The van der Waals surface area contributed by atoms with E-state index in [0.717, 1.165) is 31.5 Å². The van der Waals surface area contributed by atoms with Gasteiger partial charge in [-0.05, 0) is 66.6 Å². The molecule has 25 heavy (non-hydrogen) atoms. The number of H-pyrrole nitrogens is 1. The van der Waals surface area contributed by atoms with Gasteiger partial charge in [-0.1, -0.05) is 0 Å². The summed E-state index contributed by atoms with van der Waals surface area (Å²) in [4.78, 5) is 21.7. The highest BCUT2D eigenvalue weighted by molar-refractivity contribution is 5.85. The van der Waals surface area contributed by atoms with Crippen LogP contribution in [0.2, 0.25) is 0 Å². The number of fused-ring (bicyclic) bond motifs is 1. The topological polar surface area (TPSA) is 100 Å². The van der Waals surface area contributed by atoms with Crippen molar-refractivity contribution in [2.24, 2.45) is 0 Å². The van der Waals surface area contributed by atoms with Gasteiger partial charge in [0.05, 0.1) is 17.7 Å². The molecule has 2 rings (SSSR count). The van der Waals surface area contributed by atoms with Crippen molar-refractivity contribution in [2.45, 2.75) is 65.1 Å². The summed E-state index contributed by atoms with van der Waals surface area (Å²) >= 11 is 0. The zero-order valence-electron chi connectivity index (χ0n) is 16.0. The van der Waals surface area contributed by atoms with Crippen LogP contribution >= 0.6 is 0 Å². The summed E-state index contributed by atoms with van der Waals surface area (Å²) in [5, 5.41) is 10.1. The van der Waals surface area contributed by atoms with Crippen molar-refractivity contribution in [1.82, 2.24) is 19.4 Å². The molecule has 4 N–H and O–H groups in total. The quantitative estimate of drug-likeness (QED) is 0.630. The molecule has 0 atom stereocenters. The zero-order valence-corrected chi connectivity index (χ0v) is 16.0. The lowest BCUT2D eigenvalue weighted by Crippen LogP contribution is -2.31. The predicted molar refractivity (Wildman–Crippen MR) is 102 cm³/mol. The van der Waals surface area contributed by atoms with Crippen LogP contribution in [0.4, 0.5) is 5.82 Å². The Morgan fingerprint density at radius 3 is 2.68 bits per heavy atom. The fourth-order valence-electron chi connectivity index (χ4n) is 2.83. The number of nitrogens with two attached hydrogens (primary N) is 1. The zero-order chi connectivity index (χ0) is 18.8. The number of nitrogen functional groups attached to an aromatic ring is 1. The Morgan fingerprint density at radius 1 is 1.40 bits per heavy atom. The second-order valence-electron chi connectivity index (χ2n) is 7.75. The summed E-state index contributed by atoms with van der Waals surface area (Å²) in [5.74, 6) is 0.332. The molecule has 0 aromatic carbocycles. The minimum atomic E-state index is -0.988. The van der Waals surface area contributed by atoms with Crippen molar-refractivity contribution in [1.29, 1.82) is 0 Å². The SMILES string of the molecule is CC(C)N(C)CCCCc1cc2c([nH]c(=O)n2CC(C)(C)O)c(N)n1. The average Bonchev–Trinajstić information content (AvgIpc) is 2.79. The Labute approximate surface area is 148 Å². The van der Waals surface area contributed by atoms with Gasteiger partial charge in [-0.2, -0.15) is 0 Å². The van der Waals surface area contributed by atoms with E-state index in [1.54, 1.807) is 13.8 Å². The Kier molecular flexibility index (Phi) is 5.90. The number of hydrogen-bond acceptors (Lipinski definition) is 5. The Bertz CT molecular complexity index is 770. The molecule has 0 radical (unpaired) electrons. The summed E-state index contributed by atoms with van der Waals surface area (Å²) in [5.41, 5.74) is 6.88. The lowest BCUT2D eigenvalue weighted by molar-refractivity contribution is 0.0617. The molecule has 0 fully saturated rings. The number of imidazole rings is 1. The van der Waals surface area contributed by atoms with Crippen molar-refractivity contribution >= 4 is 16.9 Å². The first kappa shape index (κ1) is 19.5. The molecule has 0 bridgehead atoms. The minimum absolute atomic E-state index is 0.202. The van der Waals surface area contributed by atoms with Gasteiger partial charge in [0.1, 0.15) is 11.3 Å². The van der Waals surface area contributed by atoms with Crippen LogP contribution in [0.15, 0.2) is 10.9 Å². The number of aryl methyl sites for hydroxylation is 1. The molecule has 0 saturated heterocycles. The van der Waals surface area contributed by atoms with E-state index in [-0.39, 0.29) is 12.2 Å². The van der Waals surface area contributed by atoms with E-state index in [9.17, 15) is 9.90 Å². The molecule has 140 valence electrons. The molecule has 2 heterocycles. The van der Waals surface area contributed by atoms with Crippen molar-refractivity contribution in [3.8, 4) is 0 Å². The van der Waals surface area contributed by atoms with Gasteiger partial charge in [0.2, 0.25) is 0 Å². The van der Waals surface area contributed by atoms with Crippen LogP contribution in [0.3, 0.4) is 0 Å². The van der Waals surface area contributed by atoms with E-state index >= 15 is 0 Å². The number of unbranched alkanes of at least 4 members (excludes halogenated alkanes) is 1. The monoisotopic (exact) mass is 349 g/mol. The van der Waals surface area contributed by atoms with Gasteiger partial charge in [0, 0.05) is 11.7 Å². The number of nitrogens with one attached hydrogen (secondary N) is 1. The third-order valence-corrected chi connectivity index (χ3v) is 4.47. The predicted octanol–water partition coefficient (Wildman–Crippen LogP) is 1.74. The van der Waals surface area contributed by atoms with Crippen molar-refractivity contribution in [3.63, 3.8) is 0 Å². The molecule has 7 heteroatoms. The second kappa shape index (κ2) is 7.58. The second-order valence-corrected chi connectivity index (χ2v) is 7.75. The van der Waals surface area contributed by atoms with E-state index in [1.165, 1.54) is 4.57 Å². The van der Waals surface area contributed by atoms with Gasteiger partial charge >= 0.3 is 5.69 Å². The van der Waals surface area contributed by atoms with E-state index in [0.29, 0.717) is 22.9 Å². The van der Waals surface area contributed by atoms with Crippen molar-refractivity contribution in [2.75, 3.05) is 19.3 Å². The highest BCUT2D eigenvalue weighted by atomic mass is 16.3. The molecule has 0 aliphatic carbocycles. The fourth-order valence-corrected chi connectivity index (χ4v) is 2.83. The smallest absolute Gasteiger partial charge is 0.326 e. The molecule has 0 saturated carbocycles. The largest absolute Gasteiger partial charge is 0.389 e. The van der Waals surface area contributed by atoms with Crippen molar-refractivity contribution in [3.05, 3.63) is 22.2 Å².